The Hall–Kier alpha value is -0.670. The molecule has 1 radical (unpaired) electrons. The summed E-state index contributed by atoms with van der Waals surface area (Å²) in [6.07, 6.45) is 3.12. The van der Waals surface area contributed by atoms with Gasteiger partial charge < -0.3 is 0 Å². The van der Waals surface area contributed by atoms with Crippen LogP contribution in [0.15, 0.2) is 11.6 Å². The van der Waals surface area contributed by atoms with E-state index in [1.54, 1.807) is 6.08 Å². The molecule has 13 heavy (non-hydrogen) atoms. The van der Waals surface area contributed by atoms with Crippen molar-refractivity contribution in [3.63, 3.8) is 0 Å². The highest BCUT2D eigenvalue weighted by atomic mass is 16.5. The second-order valence-corrected chi connectivity index (χ2v) is 4.77. The Kier molecular flexibility index (Phi) is 2.34. The molecule has 0 aromatic heterocycles. The zero-order valence-electron chi connectivity index (χ0n) is 8.63. The average molecular weight is 182 g/mol. The Balaban J connectivity index is 3.08. The molecule has 0 N–H and O–H groups in total. The van der Waals surface area contributed by atoms with Crippen LogP contribution in [-0.4, -0.2) is 22.4 Å². The van der Waals surface area contributed by atoms with Gasteiger partial charge in [0, 0.05) is 5.54 Å². The molecule has 1 heterocycles. The predicted octanol–water partition coefficient (Wildman–Crippen LogP) is 1.72. The second kappa shape index (κ2) is 2.93. The van der Waals surface area contributed by atoms with Gasteiger partial charge in [0.15, 0.2) is 0 Å². The van der Waals surface area contributed by atoms with Gasteiger partial charge in [-0.1, -0.05) is 6.08 Å². The van der Waals surface area contributed by atoms with Gasteiger partial charge in [-0.3, -0.25) is 4.79 Å². The van der Waals surface area contributed by atoms with E-state index in [9.17, 15) is 10.0 Å². The van der Waals surface area contributed by atoms with Gasteiger partial charge in [0.05, 0.1) is 5.54 Å². The standard InChI is InChI=1S/C10H16NO2/c1-9(2)5-8(7-12)6-10(3,4)11(9)13/h5,7H,6H2,1-4H3. The maximum atomic E-state index is 11.8. The van der Waals surface area contributed by atoms with E-state index in [2.05, 4.69) is 0 Å². The summed E-state index contributed by atoms with van der Waals surface area (Å²) in [6, 6.07) is 0. The number of aldehydes is 1. The third-order valence-electron chi connectivity index (χ3n) is 2.40. The minimum Gasteiger partial charge on any atom is -0.298 e. The average Bonchev–Trinajstić information content (AvgIpc) is 1.99. The molecule has 0 aromatic carbocycles. The Morgan fingerprint density at radius 1 is 1.38 bits per heavy atom. The monoisotopic (exact) mass is 182 g/mol. The number of carbonyl (C=O) groups is 1. The number of hydrogen-bond acceptors (Lipinski definition) is 2. The molecule has 1 aliphatic heterocycles. The number of hydroxylamine groups is 2. The molecule has 0 saturated heterocycles. The molecule has 0 aromatic rings. The normalized spacial score (nSPS) is 26.7. The SMILES string of the molecule is CC1(C)C=C(C=O)CC(C)(C)N1[O]. The molecule has 0 bridgehead atoms. The summed E-state index contributed by atoms with van der Waals surface area (Å²) >= 11 is 0. The highest BCUT2D eigenvalue weighted by Gasteiger charge is 2.41. The molecule has 3 heteroatoms. The van der Waals surface area contributed by atoms with Crippen LogP contribution in [0.25, 0.3) is 0 Å². The Bertz CT molecular complexity index is 254. The van der Waals surface area contributed by atoms with Crippen molar-refractivity contribution in [1.82, 2.24) is 5.06 Å². The first-order valence-corrected chi connectivity index (χ1v) is 4.44. The van der Waals surface area contributed by atoms with E-state index in [0.29, 0.717) is 6.42 Å². The summed E-state index contributed by atoms with van der Waals surface area (Å²) in [7, 11) is 0. The van der Waals surface area contributed by atoms with Crippen LogP contribution in [0.4, 0.5) is 0 Å². The summed E-state index contributed by atoms with van der Waals surface area (Å²) in [6.45, 7) is 7.37. The molecule has 0 spiro atoms. The van der Waals surface area contributed by atoms with Crippen molar-refractivity contribution < 1.29 is 10.0 Å². The largest absolute Gasteiger partial charge is 0.298 e. The second-order valence-electron chi connectivity index (χ2n) is 4.77. The lowest BCUT2D eigenvalue weighted by Gasteiger charge is -2.44. The van der Waals surface area contributed by atoms with Crippen molar-refractivity contribution in [2.75, 3.05) is 0 Å². The summed E-state index contributed by atoms with van der Waals surface area (Å²) in [4.78, 5) is 10.7. The van der Waals surface area contributed by atoms with Crippen LogP contribution in [-0.2, 0) is 10.0 Å². The van der Waals surface area contributed by atoms with Gasteiger partial charge in [0.2, 0.25) is 0 Å². The molecule has 1 rings (SSSR count). The highest BCUT2D eigenvalue weighted by Crippen LogP contribution is 2.34. The third-order valence-corrected chi connectivity index (χ3v) is 2.40. The van der Waals surface area contributed by atoms with Crippen LogP contribution in [0, 0.1) is 0 Å². The fraction of sp³-hybridized carbons (Fsp3) is 0.700. The van der Waals surface area contributed by atoms with E-state index in [-0.39, 0.29) is 0 Å². The molecule has 0 aliphatic carbocycles. The molecule has 0 amide bonds. The maximum Gasteiger partial charge on any atom is 0.145 e. The van der Waals surface area contributed by atoms with Crippen molar-refractivity contribution in [2.24, 2.45) is 0 Å². The number of nitrogens with zero attached hydrogens (tertiary/aromatic N) is 1. The van der Waals surface area contributed by atoms with Gasteiger partial charge in [-0.25, -0.2) is 0 Å². The molecule has 1 aliphatic rings. The fourth-order valence-electron chi connectivity index (χ4n) is 1.99. The maximum absolute atomic E-state index is 11.8. The lowest BCUT2D eigenvalue weighted by Crippen LogP contribution is -2.54. The van der Waals surface area contributed by atoms with Gasteiger partial charge in [-0.2, -0.15) is 0 Å². The van der Waals surface area contributed by atoms with Gasteiger partial charge in [-0.15, -0.1) is 10.3 Å². The minimum atomic E-state index is -0.571. The summed E-state index contributed by atoms with van der Waals surface area (Å²) in [5.74, 6) is 0. The first kappa shape index (κ1) is 10.4. The summed E-state index contributed by atoms with van der Waals surface area (Å²) in [5, 5.41) is 12.8. The minimum absolute atomic E-state index is 0.478. The van der Waals surface area contributed by atoms with Crippen molar-refractivity contribution in [3.05, 3.63) is 11.6 Å². The smallest absolute Gasteiger partial charge is 0.145 e. The number of rotatable bonds is 1. The highest BCUT2D eigenvalue weighted by molar-refractivity contribution is 5.74. The Labute approximate surface area is 79.0 Å². The molecule has 0 unspecified atom stereocenters. The van der Waals surface area contributed by atoms with Crippen molar-refractivity contribution >= 4 is 6.29 Å². The molecule has 3 nitrogen and oxygen atoms in total. The van der Waals surface area contributed by atoms with Crippen LogP contribution >= 0.6 is 0 Å². The van der Waals surface area contributed by atoms with E-state index in [1.165, 1.54) is 0 Å². The van der Waals surface area contributed by atoms with Gasteiger partial charge >= 0.3 is 0 Å². The van der Waals surface area contributed by atoms with E-state index >= 15 is 0 Å². The van der Waals surface area contributed by atoms with Crippen molar-refractivity contribution in [1.29, 1.82) is 0 Å². The zero-order valence-corrected chi connectivity index (χ0v) is 8.63. The topological polar surface area (TPSA) is 40.2 Å². The van der Waals surface area contributed by atoms with E-state index < -0.39 is 11.1 Å². The molecule has 0 saturated carbocycles. The third kappa shape index (κ3) is 1.81. The van der Waals surface area contributed by atoms with Crippen LogP contribution in [0.2, 0.25) is 0 Å². The van der Waals surface area contributed by atoms with Crippen molar-refractivity contribution in [2.45, 2.75) is 45.2 Å². The Morgan fingerprint density at radius 2 is 1.92 bits per heavy atom. The summed E-state index contributed by atoms with van der Waals surface area (Å²) in [5.41, 5.74) is -0.325. The quantitative estimate of drug-likeness (QED) is 0.579. The summed E-state index contributed by atoms with van der Waals surface area (Å²) < 4.78 is 0. The fourth-order valence-corrected chi connectivity index (χ4v) is 1.99. The van der Waals surface area contributed by atoms with E-state index in [4.69, 9.17) is 0 Å². The number of carbonyl (C=O) groups excluding carboxylic acids is 1. The Morgan fingerprint density at radius 3 is 2.31 bits per heavy atom. The zero-order chi connectivity index (χ0) is 10.3. The molecule has 0 atom stereocenters. The van der Waals surface area contributed by atoms with Crippen LogP contribution in [0.1, 0.15) is 34.1 Å². The van der Waals surface area contributed by atoms with Crippen LogP contribution < -0.4 is 0 Å². The van der Waals surface area contributed by atoms with Crippen molar-refractivity contribution in [3.8, 4) is 0 Å². The lowest BCUT2D eigenvalue weighted by molar-refractivity contribution is -0.262. The molecule has 73 valence electrons. The molecular formula is C10H16NO2. The lowest BCUT2D eigenvalue weighted by atomic mass is 9.83. The van der Waals surface area contributed by atoms with E-state index in [1.807, 2.05) is 27.7 Å². The number of hydrogen-bond donors (Lipinski definition) is 0. The molecule has 0 fully saturated rings. The first-order chi connectivity index (χ1) is 5.79. The van der Waals surface area contributed by atoms with Gasteiger partial charge in [0.25, 0.3) is 0 Å². The van der Waals surface area contributed by atoms with Crippen LogP contribution in [0.5, 0.6) is 0 Å². The van der Waals surface area contributed by atoms with E-state index in [0.717, 1.165) is 16.9 Å². The molecular weight excluding hydrogens is 166 g/mol. The van der Waals surface area contributed by atoms with Gasteiger partial charge in [-0.05, 0) is 39.7 Å². The van der Waals surface area contributed by atoms with Gasteiger partial charge in [0.1, 0.15) is 6.29 Å². The first-order valence-electron chi connectivity index (χ1n) is 4.44. The predicted molar refractivity (Wildman–Crippen MR) is 49.4 cm³/mol. The van der Waals surface area contributed by atoms with Crippen LogP contribution in [0.3, 0.4) is 0 Å².